The zero-order chi connectivity index (χ0) is 32.3. The molecule has 4 heteroatoms. The fraction of sp³-hybridized carbons (Fsp3) is 0.0444. The van der Waals surface area contributed by atoms with Crippen LogP contribution in [0.1, 0.15) is 0 Å². The third-order valence-corrected chi connectivity index (χ3v) is 9.81. The van der Waals surface area contributed by atoms with Gasteiger partial charge >= 0.3 is 0 Å². The van der Waals surface area contributed by atoms with Crippen molar-refractivity contribution in [2.75, 3.05) is 4.90 Å². The van der Waals surface area contributed by atoms with Crippen molar-refractivity contribution in [1.29, 1.82) is 0 Å². The Morgan fingerprint density at radius 2 is 1.33 bits per heavy atom. The first kappa shape index (κ1) is 27.7. The third-order valence-electron chi connectivity index (χ3n) is 9.81. The van der Waals surface area contributed by atoms with Crippen molar-refractivity contribution >= 4 is 55.2 Å². The quantitative estimate of drug-likeness (QED) is 0.190. The molecule has 2 aliphatic carbocycles. The van der Waals surface area contributed by atoms with Crippen LogP contribution in [-0.4, -0.2) is 4.98 Å². The number of fused-ring (bicyclic) bond motifs is 7. The van der Waals surface area contributed by atoms with Gasteiger partial charge in [-0.3, -0.25) is 0 Å². The molecule has 0 saturated carbocycles. The van der Waals surface area contributed by atoms with Gasteiger partial charge in [0.1, 0.15) is 16.7 Å². The zero-order valence-corrected chi connectivity index (χ0v) is 26.5. The van der Waals surface area contributed by atoms with E-state index in [2.05, 4.69) is 138 Å². The maximum Gasteiger partial charge on any atom is 0.229 e. The van der Waals surface area contributed by atoms with E-state index < -0.39 is 0 Å². The largest absolute Gasteiger partial charge is 0.455 e. The van der Waals surface area contributed by atoms with E-state index in [-0.39, 0.29) is 5.92 Å². The molecule has 0 fully saturated rings. The molecule has 2 heterocycles. The lowest BCUT2D eigenvalue weighted by atomic mass is 9.84. The van der Waals surface area contributed by atoms with Crippen LogP contribution in [0.25, 0.3) is 66.4 Å². The minimum absolute atomic E-state index is 0.263. The van der Waals surface area contributed by atoms with Crippen LogP contribution in [0.15, 0.2) is 184 Å². The lowest BCUT2D eigenvalue weighted by molar-refractivity contribution is 0.620. The molecular weight excluding hydrogens is 601 g/mol. The smallest absolute Gasteiger partial charge is 0.229 e. The molecule has 0 spiro atoms. The van der Waals surface area contributed by atoms with Gasteiger partial charge in [0.15, 0.2) is 5.58 Å². The highest BCUT2D eigenvalue weighted by Gasteiger charge is 2.27. The van der Waals surface area contributed by atoms with Crippen LogP contribution in [0, 0.1) is 11.8 Å². The molecule has 0 amide bonds. The summed E-state index contributed by atoms with van der Waals surface area (Å²) in [5.41, 5.74) is 9.67. The molecule has 0 aliphatic heterocycles. The number of aromatic nitrogens is 1. The summed E-state index contributed by atoms with van der Waals surface area (Å²) in [5.74, 6) is 1.17. The lowest BCUT2D eigenvalue weighted by Gasteiger charge is -2.32. The second-order valence-corrected chi connectivity index (χ2v) is 12.7. The van der Waals surface area contributed by atoms with Crippen LogP contribution >= 0.6 is 0 Å². The van der Waals surface area contributed by atoms with Crippen molar-refractivity contribution in [3.8, 4) is 22.6 Å². The predicted octanol–water partition coefficient (Wildman–Crippen LogP) is 12.2. The van der Waals surface area contributed by atoms with Crippen molar-refractivity contribution in [3.63, 3.8) is 0 Å². The maximum atomic E-state index is 6.53. The number of allylic oxidation sites excluding steroid dienone is 7. The van der Waals surface area contributed by atoms with E-state index in [0.29, 0.717) is 11.8 Å². The number of benzene rings is 6. The number of oxazole rings is 1. The minimum Gasteiger partial charge on any atom is -0.455 e. The Balaban J connectivity index is 1.24. The van der Waals surface area contributed by atoms with Gasteiger partial charge in [-0.2, -0.15) is 0 Å². The molecular formula is C45H30N2O2. The second-order valence-electron chi connectivity index (χ2n) is 12.7. The van der Waals surface area contributed by atoms with Crippen molar-refractivity contribution in [3.05, 3.63) is 176 Å². The molecule has 8 aromatic rings. The molecule has 2 aliphatic rings. The van der Waals surface area contributed by atoms with Gasteiger partial charge in [-0.25, -0.2) is 4.98 Å². The molecule has 2 aromatic heterocycles. The van der Waals surface area contributed by atoms with E-state index in [1.165, 1.54) is 11.1 Å². The Labute approximate surface area is 283 Å². The average Bonchev–Trinajstić information content (AvgIpc) is 3.77. The van der Waals surface area contributed by atoms with E-state index in [0.717, 1.165) is 66.4 Å². The fourth-order valence-electron chi connectivity index (χ4n) is 7.36. The van der Waals surface area contributed by atoms with Crippen LogP contribution in [-0.2, 0) is 0 Å². The predicted molar refractivity (Wildman–Crippen MR) is 201 cm³/mol. The number of anilines is 2. The maximum absolute atomic E-state index is 6.53. The Bertz CT molecular complexity index is 2640. The number of furan rings is 1. The Kier molecular flexibility index (Phi) is 6.28. The van der Waals surface area contributed by atoms with Gasteiger partial charge in [0.05, 0.1) is 11.3 Å². The Hall–Kier alpha value is -6.39. The summed E-state index contributed by atoms with van der Waals surface area (Å²) < 4.78 is 13.1. The SMILES string of the molecule is C1=CC2C=CC(N(c3ccc(-c4ccccc4)cc3)c3cc4ccc5c6ccccc6oc5c4cc3-c3nc4ccccc4o3)=CC2C=C1. The molecule has 0 bridgehead atoms. The van der Waals surface area contributed by atoms with Crippen LogP contribution in [0.3, 0.4) is 0 Å². The van der Waals surface area contributed by atoms with E-state index in [1.54, 1.807) is 0 Å². The monoisotopic (exact) mass is 630 g/mol. The molecule has 0 radical (unpaired) electrons. The summed E-state index contributed by atoms with van der Waals surface area (Å²) in [4.78, 5) is 7.38. The van der Waals surface area contributed by atoms with Gasteiger partial charge in [0, 0.05) is 39.4 Å². The van der Waals surface area contributed by atoms with Crippen LogP contribution < -0.4 is 4.90 Å². The molecule has 2 atom stereocenters. The number of hydrogen-bond acceptors (Lipinski definition) is 4. The van der Waals surface area contributed by atoms with Gasteiger partial charge in [0.2, 0.25) is 5.89 Å². The topological polar surface area (TPSA) is 42.4 Å². The number of hydrogen-bond donors (Lipinski definition) is 0. The molecule has 2 unspecified atom stereocenters. The summed E-state index contributed by atoms with van der Waals surface area (Å²) in [6.07, 6.45) is 15.8. The van der Waals surface area contributed by atoms with Gasteiger partial charge in [-0.05, 0) is 71.1 Å². The van der Waals surface area contributed by atoms with E-state index in [1.807, 2.05) is 36.4 Å². The van der Waals surface area contributed by atoms with E-state index >= 15 is 0 Å². The van der Waals surface area contributed by atoms with Gasteiger partial charge in [-0.15, -0.1) is 0 Å². The van der Waals surface area contributed by atoms with Crippen LogP contribution in [0.2, 0.25) is 0 Å². The summed E-state index contributed by atoms with van der Waals surface area (Å²) in [6, 6.07) is 44.3. The number of nitrogens with zero attached hydrogens (tertiary/aromatic N) is 2. The van der Waals surface area contributed by atoms with Crippen molar-refractivity contribution in [1.82, 2.24) is 4.98 Å². The first-order valence-corrected chi connectivity index (χ1v) is 16.7. The minimum atomic E-state index is 0.263. The first-order valence-electron chi connectivity index (χ1n) is 16.7. The highest BCUT2D eigenvalue weighted by Crippen LogP contribution is 2.45. The Morgan fingerprint density at radius 1 is 0.571 bits per heavy atom. The lowest BCUT2D eigenvalue weighted by Crippen LogP contribution is -2.21. The first-order chi connectivity index (χ1) is 24.3. The zero-order valence-electron chi connectivity index (χ0n) is 26.5. The van der Waals surface area contributed by atoms with Gasteiger partial charge in [-0.1, -0.05) is 115 Å². The highest BCUT2D eigenvalue weighted by atomic mass is 16.3. The fourth-order valence-corrected chi connectivity index (χ4v) is 7.36. The van der Waals surface area contributed by atoms with Crippen LogP contribution in [0.5, 0.6) is 0 Å². The Morgan fingerprint density at radius 3 is 2.18 bits per heavy atom. The number of rotatable bonds is 5. The molecule has 4 nitrogen and oxygen atoms in total. The normalized spacial score (nSPS) is 16.9. The molecule has 49 heavy (non-hydrogen) atoms. The molecule has 6 aromatic carbocycles. The summed E-state index contributed by atoms with van der Waals surface area (Å²) in [5, 5.41) is 4.29. The van der Waals surface area contributed by atoms with Crippen molar-refractivity contribution < 1.29 is 8.83 Å². The summed E-state index contributed by atoms with van der Waals surface area (Å²) >= 11 is 0. The molecule has 232 valence electrons. The van der Waals surface area contributed by atoms with Crippen molar-refractivity contribution in [2.24, 2.45) is 11.8 Å². The molecule has 0 N–H and O–H groups in total. The summed E-state index contributed by atoms with van der Waals surface area (Å²) in [6.45, 7) is 0. The standard InChI is InChI=1S/C45H30N2O2/c1-2-10-29(11-3-1)31-18-22-34(23-19-31)47(35-24-20-30-12-4-5-13-32(30)26-35)41-27-33-21-25-37-36-14-6-8-16-42(36)48-44(37)38(33)28-39(41)45-46-40-15-7-9-17-43(40)49-45/h1-28,30,32H. The molecule has 10 rings (SSSR count). The highest BCUT2D eigenvalue weighted by molar-refractivity contribution is 6.16. The summed E-state index contributed by atoms with van der Waals surface area (Å²) in [7, 11) is 0. The van der Waals surface area contributed by atoms with E-state index in [4.69, 9.17) is 13.8 Å². The van der Waals surface area contributed by atoms with Crippen LogP contribution in [0.4, 0.5) is 11.4 Å². The van der Waals surface area contributed by atoms with Crippen molar-refractivity contribution in [2.45, 2.75) is 0 Å². The third kappa shape index (κ3) is 4.64. The second kappa shape index (κ2) is 11.1. The molecule has 0 saturated heterocycles. The van der Waals surface area contributed by atoms with E-state index in [9.17, 15) is 0 Å². The average molecular weight is 631 g/mol. The number of para-hydroxylation sites is 3. The van der Waals surface area contributed by atoms with Gasteiger partial charge in [0.25, 0.3) is 0 Å². The van der Waals surface area contributed by atoms with Gasteiger partial charge < -0.3 is 13.7 Å².